The van der Waals surface area contributed by atoms with Gasteiger partial charge >= 0.3 is 0 Å². The van der Waals surface area contributed by atoms with Gasteiger partial charge in [0.15, 0.2) is 10.4 Å². The summed E-state index contributed by atoms with van der Waals surface area (Å²) in [5, 5.41) is 4.44. The number of aromatic nitrogens is 2. The number of furan rings is 1. The molecule has 1 atom stereocenters. The highest BCUT2D eigenvalue weighted by Gasteiger charge is 2.13. The molecule has 16 heavy (non-hydrogen) atoms. The summed E-state index contributed by atoms with van der Waals surface area (Å²) in [5.74, 6) is 1.39. The molecule has 4 nitrogen and oxygen atoms in total. The third-order valence-corrected chi connectivity index (χ3v) is 3.02. The first-order chi connectivity index (χ1) is 7.61. The number of anilines is 1. The van der Waals surface area contributed by atoms with E-state index in [4.69, 9.17) is 10.2 Å². The molecule has 0 aliphatic rings. The molecule has 0 fully saturated rings. The van der Waals surface area contributed by atoms with Gasteiger partial charge in [0, 0.05) is 6.07 Å². The maximum absolute atomic E-state index is 5.91. The standard InChI is InChI=1S/C11H14BrN3O/c1-3-7(2)15-11(13)6-8(14-15)9-4-5-10(12)16-9/h4-7H,3,13H2,1-2H3. The van der Waals surface area contributed by atoms with Crippen LogP contribution in [-0.4, -0.2) is 9.78 Å². The lowest BCUT2D eigenvalue weighted by atomic mass is 10.3. The van der Waals surface area contributed by atoms with E-state index < -0.39 is 0 Å². The van der Waals surface area contributed by atoms with E-state index in [1.165, 1.54) is 0 Å². The normalized spacial score (nSPS) is 12.9. The maximum atomic E-state index is 5.91. The first-order valence-corrected chi connectivity index (χ1v) is 6.02. The molecule has 2 aromatic heterocycles. The summed E-state index contributed by atoms with van der Waals surface area (Å²) in [6.07, 6.45) is 0.993. The monoisotopic (exact) mass is 283 g/mol. The molecule has 0 aliphatic heterocycles. The maximum Gasteiger partial charge on any atom is 0.169 e. The fourth-order valence-electron chi connectivity index (χ4n) is 1.51. The van der Waals surface area contributed by atoms with Crippen LogP contribution in [0.5, 0.6) is 0 Å². The molecule has 0 saturated heterocycles. The van der Waals surface area contributed by atoms with E-state index in [-0.39, 0.29) is 0 Å². The molecular weight excluding hydrogens is 270 g/mol. The molecule has 86 valence electrons. The van der Waals surface area contributed by atoms with Crippen LogP contribution in [-0.2, 0) is 0 Å². The van der Waals surface area contributed by atoms with Gasteiger partial charge in [-0.2, -0.15) is 5.10 Å². The first kappa shape index (κ1) is 11.3. The summed E-state index contributed by atoms with van der Waals surface area (Å²) >= 11 is 3.26. The number of rotatable bonds is 3. The molecule has 0 bridgehead atoms. The Morgan fingerprint density at radius 3 is 2.88 bits per heavy atom. The zero-order valence-electron chi connectivity index (χ0n) is 9.27. The largest absolute Gasteiger partial charge is 0.448 e. The van der Waals surface area contributed by atoms with Gasteiger partial charge in [-0.05, 0) is 41.4 Å². The smallest absolute Gasteiger partial charge is 0.169 e. The molecule has 0 amide bonds. The molecule has 0 aliphatic carbocycles. The minimum absolute atomic E-state index is 0.298. The molecule has 0 spiro atoms. The summed E-state index contributed by atoms with van der Waals surface area (Å²) < 4.78 is 7.96. The summed E-state index contributed by atoms with van der Waals surface area (Å²) in [5.41, 5.74) is 6.68. The van der Waals surface area contributed by atoms with Crippen molar-refractivity contribution >= 4 is 21.7 Å². The lowest BCUT2D eigenvalue weighted by Gasteiger charge is -2.10. The van der Waals surface area contributed by atoms with Gasteiger partial charge in [-0.25, -0.2) is 4.68 Å². The van der Waals surface area contributed by atoms with Crippen molar-refractivity contribution in [2.24, 2.45) is 0 Å². The molecule has 2 heterocycles. The molecule has 2 rings (SSSR count). The zero-order valence-corrected chi connectivity index (χ0v) is 10.9. The molecule has 0 radical (unpaired) electrons. The minimum atomic E-state index is 0.298. The van der Waals surface area contributed by atoms with Crippen LogP contribution in [0.25, 0.3) is 11.5 Å². The zero-order chi connectivity index (χ0) is 11.7. The predicted octanol–water partition coefficient (Wildman–Crippen LogP) is 3.46. The number of nitrogens with zero attached hydrogens (tertiary/aromatic N) is 2. The van der Waals surface area contributed by atoms with Crippen molar-refractivity contribution in [1.29, 1.82) is 0 Å². The van der Waals surface area contributed by atoms with Crippen LogP contribution in [0, 0.1) is 0 Å². The Morgan fingerprint density at radius 2 is 2.31 bits per heavy atom. The first-order valence-electron chi connectivity index (χ1n) is 5.22. The summed E-state index contributed by atoms with van der Waals surface area (Å²) in [6.45, 7) is 4.19. The Balaban J connectivity index is 2.37. The van der Waals surface area contributed by atoms with Crippen molar-refractivity contribution in [2.45, 2.75) is 26.3 Å². The van der Waals surface area contributed by atoms with Gasteiger partial charge in [0.2, 0.25) is 0 Å². The quantitative estimate of drug-likeness (QED) is 0.939. The van der Waals surface area contributed by atoms with E-state index in [0.717, 1.165) is 17.9 Å². The SMILES string of the molecule is CCC(C)n1nc(-c2ccc(Br)o2)cc1N. The molecule has 0 aromatic carbocycles. The fraction of sp³-hybridized carbons (Fsp3) is 0.364. The highest BCUT2D eigenvalue weighted by molar-refractivity contribution is 9.10. The van der Waals surface area contributed by atoms with E-state index in [2.05, 4.69) is 34.9 Å². The van der Waals surface area contributed by atoms with Crippen LogP contribution in [0.15, 0.2) is 27.3 Å². The number of nitrogen functional groups attached to an aromatic ring is 1. The van der Waals surface area contributed by atoms with E-state index >= 15 is 0 Å². The second-order valence-electron chi connectivity index (χ2n) is 3.76. The van der Waals surface area contributed by atoms with Crippen LogP contribution in [0.1, 0.15) is 26.3 Å². The van der Waals surface area contributed by atoms with Crippen molar-refractivity contribution in [2.75, 3.05) is 5.73 Å². The Kier molecular flexibility index (Phi) is 3.05. The Bertz CT molecular complexity index is 489. The van der Waals surface area contributed by atoms with Crippen molar-refractivity contribution in [1.82, 2.24) is 9.78 Å². The molecular formula is C11H14BrN3O. The number of nitrogens with two attached hydrogens (primary N) is 1. The fourth-order valence-corrected chi connectivity index (χ4v) is 1.81. The number of halogens is 1. The van der Waals surface area contributed by atoms with Gasteiger partial charge in [-0.1, -0.05) is 6.92 Å². The average Bonchev–Trinajstić information content (AvgIpc) is 2.83. The van der Waals surface area contributed by atoms with Crippen LogP contribution >= 0.6 is 15.9 Å². The Morgan fingerprint density at radius 1 is 1.56 bits per heavy atom. The highest BCUT2D eigenvalue weighted by atomic mass is 79.9. The minimum Gasteiger partial charge on any atom is -0.448 e. The molecule has 5 heteroatoms. The third kappa shape index (κ3) is 2.00. The second kappa shape index (κ2) is 4.33. The van der Waals surface area contributed by atoms with Gasteiger partial charge in [0.05, 0.1) is 6.04 Å². The van der Waals surface area contributed by atoms with Gasteiger partial charge in [-0.15, -0.1) is 0 Å². The van der Waals surface area contributed by atoms with E-state index in [0.29, 0.717) is 16.5 Å². The van der Waals surface area contributed by atoms with Crippen molar-refractivity contribution in [3.63, 3.8) is 0 Å². The Labute approximate surface area is 103 Å². The number of hydrogen-bond donors (Lipinski definition) is 1. The lowest BCUT2D eigenvalue weighted by molar-refractivity contribution is 0.482. The highest BCUT2D eigenvalue weighted by Crippen LogP contribution is 2.27. The summed E-state index contributed by atoms with van der Waals surface area (Å²) in [7, 11) is 0. The van der Waals surface area contributed by atoms with Crippen LogP contribution in [0.2, 0.25) is 0 Å². The van der Waals surface area contributed by atoms with E-state index in [1.807, 2.05) is 22.9 Å². The van der Waals surface area contributed by atoms with Crippen LogP contribution < -0.4 is 5.73 Å². The Hall–Kier alpha value is -1.23. The topological polar surface area (TPSA) is 57.0 Å². The lowest BCUT2D eigenvalue weighted by Crippen LogP contribution is -2.08. The van der Waals surface area contributed by atoms with E-state index in [1.54, 1.807) is 0 Å². The van der Waals surface area contributed by atoms with Gasteiger partial charge in [0.1, 0.15) is 11.5 Å². The van der Waals surface area contributed by atoms with Gasteiger partial charge in [0.25, 0.3) is 0 Å². The molecule has 0 saturated carbocycles. The number of hydrogen-bond acceptors (Lipinski definition) is 3. The van der Waals surface area contributed by atoms with Crippen molar-refractivity contribution in [3.05, 3.63) is 22.9 Å². The molecule has 2 N–H and O–H groups in total. The predicted molar refractivity (Wildman–Crippen MR) is 67.0 cm³/mol. The molecule has 1 unspecified atom stereocenters. The molecule has 2 aromatic rings. The van der Waals surface area contributed by atoms with Crippen LogP contribution in [0.4, 0.5) is 5.82 Å². The van der Waals surface area contributed by atoms with Gasteiger partial charge in [-0.3, -0.25) is 0 Å². The van der Waals surface area contributed by atoms with Crippen molar-refractivity contribution in [3.8, 4) is 11.5 Å². The summed E-state index contributed by atoms with van der Waals surface area (Å²) in [6, 6.07) is 5.84. The summed E-state index contributed by atoms with van der Waals surface area (Å²) in [4.78, 5) is 0. The van der Waals surface area contributed by atoms with Crippen LogP contribution in [0.3, 0.4) is 0 Å². The van der Waals surface area contributed by atoms with Gasteiger partial charge < -0.3 is 10.2 Å². The average molecular weight is 284 g/mol. The second-order valence-corrected chi connectivity index (χ2v) is 4.54. The third-order valence-electron chi connectivity index (χ3n) is 2.60. The van der Waals surface area contributed by atoms with Crippen molar-refractivity contribution < 1.29 is 4.42 Å². The van der Waals surface area contributed by atoms with E-state index in [9.17, 15) is 0 Å².